The Labute approximate surface area is 118 Å². The Kier molecular flexibility index (Phi) is 4.56. The second-order valence-electron chi connectivity index (χ2n) is 4.71. The fourth-order valence-corrected chi connectivity index (χ4v) is 3.01. The third kappa shape index (κ3) is 3.55. The fourth-order valence-electron chi connectivity index (χ4n) is 2.01. The summed E-state index contributed by atoms with van der Waals surface area (Å²) in [6.45, 7) is 7.37. The average Bonchev–Trinajstić information content (AvgIpc) is 2.70. The second-order valence-corrected chi connectivity index (χ2v) is 5.88. The molecule has 19 heavy (non-hydrogen) atoms. The summed E-state index contributed by atoms with van der Waals surface area (Å²) in [4.78, 5) is 5.79. The van der Waals surface area contributed by atoms with E-state index < -0.39 is 0 Å². The van der Waals surface area contributed by atoms with Gasteiger partial charge < -0.3 is 10.5 Å². The lowest BCUT2D eigenvalue weighted by Gasteiger charge is -2.08. The Hall–Kier alpha value is -1.39. The number of rotatable bonds is 5. The average molecular weight is 276 g/mol. The van der Waals surface area contributed by atoms with E-state index in [9.17, 15) is 0 Å². The van der Waals surface area contributed by atoms with E-state index in [1.807, 2.05) is 13.0 Å². The van der Waals surface area contributed by atoms with Gasteiger partial charge in [-0.3, -0.25) is 0 Å². The molecule has 1 heterocycles. The molecule has 4 heteroatoms. The van der Waals surface area contributed by atoms with Crippen molar-refractivity contribution >= 4 is 11.3 Å². The molecule has 0 radical (unpaired) electrons. The number of thiazole rings is 1. The van der Waals surface area contributed by atoms with Crippen LogP contribution < -0.4 is 10.5 Å². The molecule has 3 nitrogen and oxygen atoms in total. The van der Waals surface area contributed by atoms with Gasteiger partial charge in [-0.05, 0) is 45.4 Å². The lowest BCUT2D eigenvalue weighted by molar-refractivity contribution is 0.303. The van der Waals surface area contributed by atoms with Crippen LogP contribution >= 0.6 is 11.3 Å². The van der Waals surface area contributed by atoms with E-state index in [0.29, 0.717) is 13.2 Å². The molecule has 0 amide bonds. The maximum absolute atomic E-state index is 5.84. The second kappa shape index (κ2) is 6.17. The molecule has 0 bridgehead atoms. The van der Waals surface area contributed by atoms with Crippen LogP contribution in [0.4, 0.5) is 0 Å². The van der Waals surface area contributed by atoms with Crippen LogP contribution in [-0.4, -0.2) is 11.5 Å². The number of ether oxygens (including phenoxy) is 1. The molecule has 0 saturated carbocycles. The van der Waals surface area contributed by atoms with Gasteiger partial charge in [-0.1, -0.05) is 17.7 Å². The standard InChI is InChI=1S/C15H20N2OS/c1-10-4-5-13(11(2)8-10)18-9-15-17-12(3)14(19-15)6-7-16/h4-5,8H,6-7,9,16H2,1-3H3. The molecule has 0 spiro atoms. The number of nitrogens with two attached hydrogens (primary N) is 1. The smallest absolute Gasteiger partial charge is 0.140 e. The molecule has 0 atom stereocenters. The third-order valence-corrected chi connectivity index (χ3v) is 4.18. The quantitative estimate of drug-likeness (QED) is 0.912. The highest BCUT2D eigenvalue weighted by molar-refractivity contribution is 7.11. The lowest BCUT2D eigenvalue weighted by atomic mass is 10.1. The lowest BCUT2D eigenvalue weighted by Crippen LogP contribution is -2.01. The molecule has 1 aromatic carbocycles. The van der Waals surface area contributed by atoms with Gasteiger partial charge in [-0.2, -0.15) is 0 Å². The van der Waals surface area contributed by atoms with Crippen LogP contribution in [0.1, 0.15) is 26.7 Å². The summed E-state index contributed by atoms with van der Waals surface area (Å²) in [6, 6.07) is 6.21. The van der Waals surface area contributed by atoms with Crippen LogP contribution in [0.25, 0.3) is 0 Å². The van der Waals surface area contributed by atoms with Crippen molar-refractivity contribution in [2.45, 2.75) is 33.8 Å². The summed E-state index contributed by atoms with van der Waals surface area (Å²) in [5.74, 6) is 0.929. The van der Waals surface area contributed by atoms with Crippen LogP contribution in [-0.2, 0) is 13.0 Å². The summed E-state index contributed by atoms with van der Waals surface area (Å²) in [5.41, 5.74) is 9.08. The summed E-state index contributed by atoms with van der Waals surface area (Å²) in [5, 5.41) is 1.01. The van der Waals surface area contributed by atoms with Crippen molar-refractivity contribution in [2.24, 2.45) is 5.73 Å². The van der Waals surface area contributed by atoms with Crippen LogP contribution in [0.15, 0.2) is 18.2 Å². The van der Waals surface area contributed by atoms with Crippen LogP contribution in [0.3, 0.4) is 0 Å². The van der Waals surface area contributed by atoms with E-state index in [2.05, 4.69) is 31.0 Å². The Morgan fingerprint density at radius 3 is 2.74 bits per heavy atom. The molecule has 0 aliphatic heterocycles. The molecular weight excluding hydrogens is 256 g/mol. The van der Waals surface area contributed by atoms with Gasteiger partial charge in [0.15, 0.2) is 0 Å². The molecule has 2 N–H and O–H groups in total. The van der Waals surface area contributed by atoms with E-state index in [0.717, 1.165) is 28.4 Å². The van der Waals surface area contributed by atoms with Crippen LogP contribution in [0, 0.1) is 20.8 Å². The SMILES string of the molecule is Cc1ccc(OCc2nc(C)c(CCN)s2)c(C)c1. The molecule has 1 aromatic heterocycles. The number of aromatic nitrogens is 1. The number of aryl methyl sites for hydroxylation is 3. The first-order valence-corrected chi connectivity index (χ1v) is 7.27. The molecule has 0 fully saturated rings. The van der Waals surface area contributed by atoms with Crippen molar-refractivity contribution in [1.82, 2.24) is 4.98 Å². The maximum Gasteiger partial charge on any atom is 0.140 e. The highest BCUT2D eigenvalue weighted by atomic mass is 32.1. The Morgan fingerprint density at radius 2 is 2.05 bits per heavy atom. The van der Waals surface area contributed by atoms with Gasteiger partial charge in [0.1, 0.15) is 17.4 Å². The summed E-state index contributed by atoms with van der Waals surface area (Å²) >= 11 is 1.70. The van der Waals surface area contributed by atoms with Crippen LogP contribution in [0.2, 0.25) is 0 Å². The topological polar surface area (TPSA) is 48.1 Å². The molecule has 2 rings (SSSR count). The van der Waals surface area contributed by atoms with E-state index >= 15 is 0 Å². The zero-order valence-corrected chi connectivity index (χ0v) is 12.5. The van der Waals surface area contributed by atoms with Gasteiger partial charge in [-0.15, -0.1) is 11.3 Å². The van der Waals surface area contributed by atoms with Gasteiger partial charge in [0.05, 0.1) is 5.69 Å². The van der Waals surface area contributed by atoms with Gasteiger partial charge >= 0.3 is 0 Å². The molecule has 0 saturated heterocycles. The van der Waals surface area contributed by atoms with E-state index in [4.69, 9.17) is 10.5 Å². The van der Waals surface area contributed by atoms with E-state index in [1.165, 1.54) is 10.4 Å². The summed E-state index contributed by atoms with van der Waals surface area (Å²) < 4.78 is 5.84. The van der Waals surface area contributed by atoms with E-state index in [-0.39, 0.29) is 0 Å². The van der Waals surface area contributed by atoms with Crippen molar-refractivity contribution in [3.05, 3.63) is 44.9 Å². The van der Waals surface area contributed by atoms with Crippen molar-refractivity contribution in [1.29, 1.82) is 0 Å². The number of nitrogens with zero attached hydrogens (tertiary/aromatic N) is 1. The minimum Gasteiger partial charge on any atom is -0.486 e. The predicted molar refractivity (Wildman–Crippen MR) is 79.9 cm³/mol. The Morgan fingerprint density at radius 1 is 1.26 bits per heavy atom. The van der Waals surface area contributed by atoms with Crippen LogP contribution in [0.5, 0.6) is 5.75 Å². The molecule has 102 valence electrons. The number of hydrogen-bond donors (Lipinski definition) is 1. The zero-order valence-electron chi connectivity index (χ0n) is 11.7. The molecular formula is C15H20N2OS. The predicted octanol–water partition coefficient (Wildman–Crippen LogP) is 3.15. The van der Waals surface area contributed by atoms with Gasteiger partial charge in [0.25, 0.3) is 0 Å². The highest BCUT2D eigenvalue weighted by Crippen LogP contribution is 2.23. The summed E-state index contributed by atoms with van der Waals surface area (Å²) in [7, 11) is 0. The van der Waals surface area contributed by atoms with Gasteiger partial charge in [-0.25, -0.2) is 4.98 Å². The minimum atomic E-state index is 0.528. The first kappa shape index (κ1) is 14.0. The van der Waals surface area contributed by atoms with Crippen molar-refractivity contribution in [2.75, 3.05) is 6.54 Å². The monoisotopic (exact) mass is 276 g/mol. The minimum absolute atomic E-state index is 0.528. The van der Waals surface area contributed by atoms with Crippen molar-refractivity contribution in [3.8, 4) is 5.75 Å². The van der Waals surface area contributed by atoms with Gasteiger partial charge in [0.2, 0.25) is 0 Å². The highest BCUT2D eigenvalue weighted by Gasteiger charge is 2.08. The fraction of sp³-hybridized carbons (Fsp3) is 0.400. The number of hydrogen-bond acceptors (Lipinski definition) is 4. The molecule has 2 aromatic rings. The Bertz CT molecular complexity index is 563. The normalized spacial score (nSPS) is 10.7. The van der Waals surface area contributed by atoms with Crippen molar-refractivity contribution in [3.63, 3.8) is 0 Å². The van der Waals surface area contributed by atoms with Crippen molar-refractivity contribution < 1.29 is 4.74 Å². The first-order chi connectivity index (χ1) is 9.10. The Balaban J connectivity index is 2.04. The molecule has 0 aliphatic rings. The largest absolute Gasteiger partial charge is 0.486 e. The van der Waals surface area contributed by atoms with Gasteiger partial charge in [0, 0.05) is 4.88 Å². The zero-order chi connectivity index (χ0) is 13.8. The maximum atomic E-state index is 5.84. The number of benzene rings is 1. The molecule has 0 unspecified atom stereocenters. The van der Waals surface area contributed by atoms with E-state index in [1.54, 1.807) is 11.3 Å². The third-order valence-electron chi connectivity index (χ3n) is 2.99. The molecule has 0 aliphatic carbocycles. The summed E-state index contributed by atoms with van der Waals surface area (Å²) in [6.07, 6.45) is 0.896. The first-order valence-electron chi connectivity index (χ1n) is 6.45.